The Morgan fingerprint density at radius 1 is 1.54 bits per heavy atom. The van der Waals surface area contributed by atoms with Crippen molar-refractivity contribution in [3.05, 3.63) is 35.9 Å². The summed E-state index contributed by atoms with van der Waals surface area (Å²) < 4.78 is 0. The first kappa shape index (κ1) is 9.25. The van der Waals surface area contributed by atoms with Gasteiger partial charge in [0.1, 0.15) is 7.11 Å². The fraction of sp³-hybridized carbons (Fsp3) is 0.111. The van der Waals surface area contributed by atoms with Crippen molar-refractivity contribution in [3.63, 3.8) is 0 Å². The molecule has 1 radical (unpaired) electrons. The molecule has 1 N–H and O–H groups in total. The second-order valence-electron chi connectivity index (χ2n) is 2.22. The van der Waals surface area contributed by atoms with Crippen LogP contribution in [0, 0.1) is 6.07 Å². The first-order chi connectivity index (χ1) is 6.25. The number of hydrogen-bond acceptors (Lipinski definition) is 3. The summed E-state index contributed by atoms with van der Waals surface area (Å²) in [6.45, 7) is 0. The van der Waals surface area contributed by atoms with E-state index < -0.39 is 5.97 Å². The molecule has 0 spiro atoms. The van der Waals surface area contributed by atoms with Crippen molar-refractivity contribution >= 4 is 11.7 Å². The van der Waals surface area contributed by atoms with Gasteiger partial charge < -0.3 is 9.94 Å². The third kappa shape index (κ3) is 2.30. The number of carboxylic acids is 1. The zero-order chi connectivity index (χ0) is 9.68. The van der Waals surface area contributed by atoms with Crippen molar-refractivity contribution in [3.8, 4) is 0 Å². The molecule has 4 nitrogen and oxygen atoms in total. The van der Waals surface area contributed by atoms with Gasteiger partial charge in [0.05, 0.1) is 0 Å². The topological polar surface area (TPSA) is 58.9 Å². The van der Waals surface area contributed by atoms with Crippen LogP contribution < -0.4 is 0 Å². The number of rotatable bonds is 3. The van der Waals surface area contributed by atoms with Crippen LogP contribution >= 0.6 is 0 Å². The maximum absolute atomic E-state index is 10.7. The minimum Gasteiger partial charge on any atom is -0.476 e. The van der Waals surface area contributed by atoms with E-state index in [-0.39, 0.29) is 5.71 Å². The standard InChI is InChI=1S/C9H8NO3/c1-13-10-8(9(11)12)7-5-3-2-4-6-7/h3-6H,1H3,(H,11,12)/b10-8+. The highest BCUT2D eigenvalue weighted by molar-refractivity contribution is 6.42. The van der Waals surface area contributed by atoms with Crippen LogP contribution in [0.5, 0.6) is 0 Å². The highest BCUT2D eigenvalue weighted by Crippen LogP contribution is 2.01. The minimum atomic E-state index is -1.12. The number of hydrogen-bond donors (Lipinski definition) is 1. The van der Waals surface area contributed by atoms with Crippen LogP contribution in [0.4, 0.5) is 0 Å². The minimum absolute atomic E-state index is 0.114. The van der Waals surface area contributed by atoms with E-state index in [1.807, 2.05) is 0 Å². The molecule has 13 heavy (non-hydrogen) atoms. The van der Waals surface area contributed by atoms with Crippen molar-refractivity contribution < 1.29 is 14.7 Å². The molecule has 0 bridgehead atoms. The van der Waals surface area contributed by atoms with Crippen LogP contribution in [0.25, 0.3) is 0 Å². The van der Waals surface area contributed by atoms with Gasteiger partial charge in [-0.1, -0.05) is 29.4 Å². The molecular weight excluding hydrogens is 170 g/mol. The molecule has 67 valence electrons. The summed E-state index contributed by atoms with van der Waals surface area (Å²) in [5.41, 5.74) is 0.379. The van der Waals surface area contributed by atoms with E-state index in [1.165, 1.54) is 7.11 Å². The van der Waals surface area contributed by atoms with Crippen molar-refractivity contribution in [1.82, 2.24) is 0 Å². The van der Waals surface area contributed by atoms with Gasteiger partial charge >= 0.3 is 5.97 Å². The molecule has 0 aromatic heterocycles. The summed E-state index contributed by atoms with van der Waals surface area (Å²) in [6.07, 6.45) is 0. The van der Waals surface area contributed by atoms with Gasteiger partial charge in [-0.05, 0) is 6.07 Å². The smallest absolute Gasteiger partial charge is 0.358 e. The molecule has 0 saturated carbocycles. The molecule has 0 fully saturated rings. The van der Waals surface area contributed by atoms with Gasteiger partial charge in [0.25, 0.3) is 0 Å². The van der Waals surface area contributed by atoms with Gasteiger partial charge in [0.15, 0.2) is 5.71 Å². The van der Waals surface area contributed by atoms with Crippen LogP contribution in [0.15, 0.2) is 29.4 Å². The highest BCUT2D eigenvalue weighted by Gasteiger charge is 2.12. The molecular formula is C9H8NO3. The molecule has 0 unspecified atom stereocenters. The SMILES string of the molecule is CO/N=C(/C(=O)O)c1cc[c]cc1. The van der Waals surface area contributed by atoms with Gasteiger partial charge in [0, 0.05) is 5.56 Å². The Labute approximate surface area is 75.4 Å². The zero-order valence-corrected chi connectivity index (χ0v) is 7.02. The summed E-state index contributed by atoms with van der Waals surface area (Å²) in [5, 5.41) is 12.1. The number of oxime groups is 1. The lowest BCUT2D eigenvalue weighted by atomic mass is 10.1. The predicted molar refractivity (Wildman–Crippen MR) is 46.5 cm³/mol. The molecule has 1 aromatic carbocycles. The molecule has 0 aliphatic rings. The third-order valence-corrected chi connectivity index (χ3v) is 1.38. The Balaban J connectivity index is 3.03. The Bertz CT molecular complexity index is 319. The maximum Gasteiger partial charge on any atom is 0.358 e. The fourth-order valence-electron chi connectivity index (χ4n) is 0.851. The zero-order valence-electron chi connectivity index (χ0n) is 7.02. The van der Waals surface area contributed by atoms with E-state index >= 15 is 0 Å². The molecule has 0 aliphatic carbocycles. The first-order valence-electron chi connectivity index (χ1n) is 3.56. The second kappa shape index (κ2) is 4.25. The molecule has 4 heteroatoms. The normalized spacial score (nSPS) is 11.0. The Kier molecular flexibility index (Phi) is 3.03. The average Bonchev–Trinajstić information content (AvgIpc) is 2.15. The fourth-order valence-corrected chi connectivity index (χ4v) is 0.851. The summed E-state index contributed by atoms with van der Waals surface area (Å²) >= 11 is 0. The summed E-state index contributed by atoms with van der Waals surface area (Å²) in [6, 6.07) is 9.22. The molecule has 0 atom stereocenters. The monoisotopic (exact) mass is 178 g/mol. The summed E-state index contributed by atoms with van der Waals surface area (Å²) in [4.78, 5) is 15.1. The lowest BCUT2D eigenvalue weighted by molar-refractivity contribution is -0.129. The van der Waals surface area contributed by atoms with Gasteiger partial charge in [-0.15, -0.1) is 0 Å². The van der Waals surface area contributed by atoms with Gasteiger partial charge in [-0.25, -0.2) is 4.79 Å². The molecule has 0 amide bonds. The van der Waals surface area contributed by atoms with Crippen LogP contribution in [0.3, 0.4) is 0 Å². The Hall–Kier alpha value is -1.84. The first-order valence-corrected chi connectivity index (χ1v) is 3.56. The number of aliphatic carboxylic acids is 1. The number of nitrogens with zero attached hydrogens (tertiary/aromatic N) is 1. The van der Waals surface area contributed by atoms with E-state index in [0.717, 1.165) is 0 Å². The number of carboxylic acid groups (broad SMARTS) is 1. The van der Waals surface area contributed by atoms with Crippen LogP contribution in [-0.4, -0.2) is 23.9 Å². The average molecular weight is 178 g/mol. The van der Waals surface area contributed by atoms with Gasteiger partial charge in [0.2, 0.25) is 0 Å². The summed E-state index contributed by atoms with van der Waals surface area (Å²) in [7, 11) is 1.30. The van der Waals surface area contributed by atoms with Crippen molar-refractivity contribution in [2.45, 2.75) is 0 Å². The second-order valence-corrected chi connectivity index (χ2v) is 2.22. The highest BCUT2D eigenvalue weighted by atomic mass is 16.6. The lowest BCUT2D eigenvalue weighted by Crippen LogP contribution is -2.14. The van der Waals surface area contributed by atoms with Gasteiger partial charge in [-0.3, -0.25) is 0 Å². The molecule has 1 rings (SSSR count). The number of benzene rings is 1. The molecule has 0 saturated heterocycles. The Morgan fingerprint density at radius 2 is 2.15 bits per heavy atom. The maximum atomic E-state index is 10.7. The van der Waals surface area contributed by atoms with Crippen LogP contribution in [-0.2, 0) is 9.63 Å². The predicted octanol–water partition coefficient (Wildman–Crippen LogP) is 0.922. The van der Waals surface area contributed by atoms with Crippen molar-refractivity contribution in [1.29, 1.82) is 0 Å². The largest absolute Gasteiger partial charge is 0.476 e. The molecule has 1 aromatic rings. The summed E-state index contributed by atoms with van der Waals surface area (Å²) in [5.74, 6) is -1.12. The Morgan fingerprint density at radius 3 is 2.62 bits per heavy atom. The van der Waals surface area contributed by atoms with E-state index in [4.69, 9.17) is 5.11 Å². The van der Waals surface area contributed by atoms with E-state index in [1.54, 1.807) is 24.3 Å². The van der Waals surface area contributed by atoms with E-state index in [0.29, 0.717) is 5.56 Å². The quantitative estimate of drug-likeness (QED) is 0.553. The third-order valence-electron chi connectivity index (χ3n) is 1.38. The lowest BCUT2D eigenvalue weighted by Gasteiger charge is -1.98. The molecule has 0 heterocycles. The number of carbonyl (C=O) groups is 1. The van der Waals surface area contributed by atoms with Gasteiger partial charge in [-0.2, -0.15) is 0 Å². The van der Waals surface area contributed by atoms with Crippen molar-refractivity contribution in [2.75, 3.05) is 7.11 Å². The molecule has 0 aliphatic heterocycles. The van der Waals surface area contributed by atoms with Crippen LogP contribution in [0.2, 0.25) is 0 Å². The van der Waals surface area contributed by atoms with E-state index in [2.05, 4.69) is 16.1 Å². The van der Waals surface area contributed by atoms with Crippen molar-refractivity contribution in [2.24, 2.45) is 5.16 Å². The van der Waals surface area contributed by atoms with Crippen LogP contribution in [0.1, 0.15) is 5.56 Å². The van der Waals surface area contributed by atoms with E-state index in [9.17, 15) is 4.79 Å².